The zero-order chi connectivity index (χ0) is 32.1. The molecule has 42 heavy (non-hydrogen) atoms. The fourth-order valence-electron chi connectivity index (χ4n) is 4.85. The number of carboxylic acids is 3. The third-order valence-electron chi connectivity index (χ3n) is 7.77. The molecule has 0 radical (unpaired) electrons. The van der Waals surface area contributed by atoms with Crippen LogP contribution in [0.5, 0.6) is 0 Å². The standard InChI is InChI=1S/C30H60O2.2C3H6O2/c1-3-5-7-9-11-13-15-16-17-18-20-22-24-26-28-29(30(31)32)27-25-23-21-19-14-12-10-8-6-4-2;2*1-2-3(4)5/h29H,3-28H2,1-2H3,(H,31,32);2*2H2,1H3,(H,4,5). The van der Waals surface area contributed by atoms with Crippen molar-refractivity contribution in [2.24, 2.45) is 5.92 Å². The highest BCUT2D eigenvalue weighted by Gasteiger charge is 2.16. The van der Waals surface area contributed by atoms with Crippen LogP contribution in [0.2, 0.25) is 0 Å². The van der Waals surface area contributed by atoms with Crippen LogP contribution in [0.25, 0.3) is 0 Å². The Balaban J connectivity index is -0.00000129. The Kier molecular flexibility index (Phi) is 42.1. The molecule has 1 unspecified atom stereocenters. The molecule has 0 saturated carbocycles. The number of hydrogen-bond acceptors (Lipinski definition) is 3. The predicted octanol–water partition coefficient (Wildman–Crippen LogP) is 11.8. The highest BCUT2D eigenvalue weighted by atomic mass is 16.4. The van der Waals surface area contributed by atoms with E-state index in [0.717, 1.165) is 25.7 Å². The van der Waals surface area contributed by atoms with E-state index in [4.69, 9.17) is 10.2 Å². The lowest BCUT2D eigenvalue weighted by Crippen LogP contribution is -2.13. The van der Waals surface area contributed by atoms with E-state index < -0.39 is 17.9 Å². The van der Waals surface area contributed by atoms with Crippen molar-refractivity contribution in [2.75, 3.05) is 0 Å². The van der Waals surface area contributed by atoms with Gasteiger partial charge in [0, 0.05) is 12.8 Å². The molecule has 0 saturated heterocycles. The molecule has 6 nitrogen and oxygen atoms in total. The van der Waals surface area contributed by atoms with Crippen molar-refractivity contribution < 1.29 is 29.7 Å². The van der Waals surface area contributed by atoms with Gasteiger partial charge in [0.1, 0.15) is 0 Å². The summed E-state index contributed by atoms with van der Waals surface area (Å²) in [7, 11) is 0. The molecule has 1 atom stereocenters. The summed E-state index contributed by atoms with van der Waals surface area (Å²) in [6.07, 6.45) is 34.5. The summed E-state index contributed by atoms with van der Waals surface area (Å²) in [6, 6.07) is 0. The molecule has 0 fully saturated rings. The molecular weight excluding hydrogens is 528 g/mol. The highest BCUT2D eigenvalue weighted by Crippen LogP contribution is 2.20. The number of rotatable bonds is 29. The lowest BCUT2D eigenvalue weighted by Gasteiger charge is -2.12. The molecule has 0 heterocycles. The van der Waals surface area contributed by atoms with E-state index in [9.17, 15) is 19.5 Å². The topological polar surface area (TPSA) is 112 Å². The molecule has 0 aromatic carbocycles. The first-order valence-corrected chi connectivity index (χ1v) is 17.9. The van der Waals surface area contributed by atoms with Gasteiger partial charge in [0.15, 0.2) is 0 Å². The third-order valence-corrected chi connectivity index (χ3v) is 7.77. The molecule has 0 aliphatic rings. The second-order valence-corrected chi connectivity index (χ2v) is 11.9. The van der Waals surface area contributed by atoms with Gasteiger partial charge < -0.3 is 15.3 Å². The van der Waals surface area contributed by atoms with E-state index >= 15 is 0 Å². The van der Waals surface area contributed by atoms with Gasteiger partial charge in [0.05, 0.1) is 5.92 Å². The molecule has 0 aromatic heterocycles. The van der Waals surface area contributed by atoms with Gasteiger partial charge in [-0.15, -0.1) is 0 Å². The first-order chi connectivity index (χ1) is 20.3. The second-order valence-electron chi connectivity index (χ2n) is 11.9. The normalized spacial score (nSPS) is 11.1. The van der Waals surface area contributed by atoms with Crippen molar-refractivity contribution in [1.29, 1.82) is 0 Å². The van der Waals surface area contributed by atoms with Gasteiger partial charge in [-0.3, -0.25) is 14.4 Å². The smallest absolute Gasteiger partial charge is 0.306 e. The number of aliphatic carboxylic acids is 3. The van der Waals surface area contributed by atoms with Crippen LogP contribution < -0.4 is 0 Å². The van der Waals surface area contributed by atoms with Crippen molar-refractivity contribution in [3.05, 3.63) is 0 Å². The summed E-state index contributed by atoms with van der Waals surface area (Å²) >= 11 is 0. The number of carbonyl (C=O) groups is 3. The Labute approximate surface area is 260 Å². The van der Waals surface area contributed by atoms with Crippen LogP contribution in [0.1, 0.15) is 207 Å². The Hall–Kier alpha value is -1.59. The van der Waals surface area contributed by atoms with Gasteiger partial charge in [0.2, 0.25) is 0 Å². The Morgan fingerprint density at radius 2 is 0.571 bits per heavy atom. The van der Waals surface area contributed by atoms with Gasteiger partial charge >= 0.3 is 17.9 Å². The average Bonchev–Trinajstić information content (AvgIpc) is 2.97. The van der Waals surface area contributed by atoms with E-state index in [2.05, 4.69) is 13.8 Å². The van der Waals surface area contributed by atoms with Crippen molar-refractivity contribution in [3.8, 4) is 0 Å². The van der Waals surface area contributed by atoms with E-state index in [1.807, 2.05) is 0 Å². The zero-order valence-corrected chi connectivity index (χ0v) is 28.4. The highest BCUT2D eigenvalue weighted by molar-refractivity contribution is 5.69. The van der Waals surface area contributed by atoms with Crippen LogP contribution in [-0.4, -0.2) is 33.2 Å². The van der Waals surface area contributed by atoms with Gasteiger partial charge in [-0.05, 0) is 12.8 Å². The maximum Gasteiger partial charge on any atom is 0.306 e. The Morgan fingerprint density at radius 3 is 0.738 bits per heavy atom. The van der Waals surface area contributed by atoms with Crippen molar-refractivity contribution in [3.63, 3.8) is 0 Å². The van der Waals surface area contributed by atoms with Gasteiger partial charge in [0.25, 0.3) is 0 Å². The van der Waals surface area contributed by atoms with E-state index in [1.54, 1.807) is 13.8 Å². The summed E-state index contributed by atoms with van der Waals surface area (Å²) in [5, 5.41) is 25.0. The van der Waals surface area contributed by atoms with E-state index in [-0.39, 0.29) is 18.8 Å². The summed E-state index contributed by atoms with van der Waals surface area (Å²) in [5.41, 5.74) is 0. The molecular formula is C36H72O6. The molecule has 0 spiro atoms. The van der Waals surface area contributed by atoms with E-state index in [1.165, 1.54) is 141 Å². The lowest BCUT2D eigenvalue weighted by molar-refractivity contribution is -0.142. The average molecular weight is 601 g/mol. The van der Waals surface area contributed by atoms with Gasteiger partial charge in [-0.25, -0.2) is 0 Å². The first-order valence-electron chi connectivity index (χ1n) is 17.9. The fourth-order valence-corrected chi connectivity index (χ4v) is 4.85. The molecule has 0 aliphatic heterocycles. The first kappa shape index (κ1) is 44.8. The minimum absolute atomic E-state index is 0.0960. The molecule has 0 bridgehead atoms. The van der Waals surface area contributed by atoms with Crippen LogP contribution in [0.3, 0.4) is 0 Å². The predicted molar refractivity (Wildman–Crippen MR) is 178 cm³/mol. The van der Waals surface area contributed by atoms with Crippen molar-refractivity contribution in [1.82, 2.24) is 0 Å². The number of carboxylic acid groups (broad SMARTS) is 3. The quantitative estimate of drug-likeness (QED) is 0.0736. The van der Waals surface area contributed by atoms with Gasteiger partial charge in [-0.2, -0.15) is 0 Å². The SMILES string of the molecule is CCC(=O)O.CCC(=O)O.CCCCCCCCCCCCCCCCC(CCCCCCCCCCCC)C(=O)O. The van der Waals surface area contributed by atoms with Crippen molar-refractivity contribution >= 4 is 17.9 Å². The molecule has 0 rings (SSSR count). The Morgan fingerprint density at radius 1 is 0.381 bits per heavy atom. The fraction of sp³-hybridized carbons (Fsp3) is 0.917. The lowest BCUT2D eigenvalue weighted by atomic mass is 9.94. The minimum Gasteiger partial charge on any atom is -0.481 e. The maximum atomic E-state index is 11.6. The summed E-state index contributed by atoms with van der Waals surface area (Å²) in [4.78, 5) is 30.3. The van der Waals surface area contributed by atoms with Crippen LogP contribution in [-0.2, 0) is 14.4 Å². The van der Waals surface area contributed by atoms with Crippen LogP contribution in [0, 0.1) is 5.92 Å². The summed E-state index contributed by atoms with van der Waals surface area (Å²) < 4.78 is 0. The molecule has 6 heteroatoms. The molecule has 0 aromatic rings. The summed E-state index contributed by atoms with van der Waals surface area (Å²) in [6.45, 7) is 7.75. The maximum absolute atomic E-state index is 11.6. The van der Waals surface area contributed by atoms with Crippen LogP contribution in [0.15, 0.2) is 0 Å². The third kappa shape index (κ3) is 45.4. The monoisotopic (exact) mass is 601 g/mol. The zero-order valence-electron chi connectivity index (χ0n) is 28.4. The summed E-state index contributed by atoms with van der Waals surface area (Å²) in [5.74, 6) is -2.15. The van der Waals surface area contributed by atoms with Gasteiger partial charge in [-0.1, -0.05) is 182 Å². The Bertz CT molecular complexity index is 549. The van der Waals surface area contributed by atoms with Crippen LogP contribution >= 0.6 is 0 Å². The second kappa shape index (κ2) is 39.4. The van der Waals surface area contributed by atoms with Crippen molar-refractivity contribution in [2.45, 2.75) is 207 Å². The molecule has 3 N–H and O–H groups in total. The van der Waals surface area contributed by atoms with E-state index in [0.29, 0.717) is 0 Å². The minimum atomic E-state index is -0.745. The molecule has 0 aliphatic carbocycles. The molecule has 0 amide bonds. The van der Waals surface area contributed by atoms with Crippen LogP contribution in [0.4, 0.5) is 0 Å². The molecule has 252 valence electrons. The number of hydrogen-bond donors (Lipinski definition) is 3. The largest absolute Gasteiger partial charge is 0.481 e. The number of unbranched alkanes of at least 4 members (excludes halogenated alkanes) is 22.